The van der Waals surface area contributed by atoms with Crippen molar-refractivity contribution in [2.24, 2.45) is 0 Å². The van der Waals surface area contributed by atoms with Crippen LogP contribution in [0.2, 0.25) is 0 Å². The third kappa shape index (κ3) is 4.62. The van der Waals surface area contributed by atoms with E-state index in [1.165, 1.54) is 0 Å². The minimum Gasteiger partial charge on any atom is -0.496 e. The van der Waals surface area contributed by atoms with E-state index in [2.05, 4.69) is 22.5 Å². The Hall–Kier alpha value is -2.38. The normalized spacial score (nSPS) is 23.7. The highest BCUT2D eigenvalue weighted by Gasteiger charge is 2.43. The van der Waals surface area contributed by atoms with Crippen molar-refractivity contribution in [3.8, 4) is 5.75 Å². The van der Waals surface area contributed by atoms with Crippen LogP contribution in [0.3, 0.4) is 0 Å². The van der Waals surface area contributed by atoms with Crippen molar-refractivity contribution in [1.29, 1.82) is 0 Å². The summed E-state index contributed by atoms with van der Waals surface area (Å²) in [7, 11) is 1.68. The van der Waals surface area contributed by atoms with Gasteiger partial charge < -0.3 is 19.5 Å². The number of aromatic nitrogens is 2. The maximum absolute atomic E-state index is 11.7. The predicted molar refractivity (Wildman–Crippen MR) is 108 cm³/mol. The van der Waals surface area contributed by atoms with Crippen molar-refractivity contribution in [2.75, 3.05) is 20.3 Å². The first-order valence-electron chi connectivity index (χ1n) is 10.2. The Morgan fingerprint density at radius 3 is 2.90 bits per heavy atom. The van der Waals surface area contributed by atoms with Gasteiger partial charge in [-0.15, -0.1) is 0 Å². The van der Waals surface area contributed by atoms with Gasteiger partial charge in [0.1, 0.15) is 5.75 Å². The van der Waals surface area contributed by atoms with Gasteiger partial charge >= 0.3 is 0 Å². The van der Waals surface area contributed by atoms with E-state index in [0.29, 0.717) is 19.8 Å². The molecule has 0 aliphatic carbocycles. The second-order valence-corrected chi connectivity index (χ2v) is 8.01. The number of hydrogen-bond acceptors (Lipinski definition) is 5. The van der Waals surface area contributed by atoms with Crippen molar-refractivity contribution in [1.82, 2.24) is 15.1 Å². The van der Waals surface area contributed by atoms with Gasteiger partial charge in [0.05, 0.1) is 25.4 Å². The first-order chi connectivity index (χ1) is 14.1. The highest BCUT2D eigenvalue weighted by Crippen LogP contribution is 2.43. The summed E-state index contributed by atoms with van der Waals surface area (Å²) < 4.78 is 19.7. The Labute approximate surface area is 171 Å². The van der Waals surface area contributed by atoms with Crippen LogP contribution >= 0.6 is 0 Å². The van der Waals surface area contributed by atoms with E-state index in [-0.39, 0.29) is 23.7 Å². The van der Waals surface area contributed by atoms with Gasteiger partial charge in [0.25, 0.3) is 0 Å². The third-order valence-corrected chi connectivity index (χ3v) is 5.89. The first kappa shape index (κ1) is 19.9. The zero-order valence-electron chi connectivity index (χ0n) is 17.1. The maximum atomic E-state index is 11.7. The SMILES string of the molecule is COc1ccc([C@H]2C[C@@H](NC(C)=O)CC3(CCOCC3)O2)cc1Cn1cccn1. The fourth-order valence-electron chi connectivity index (χ4n) is 4.55. The summed E-state index contributed by atoms with van der Waals surface area (Å²) in [6.07, 6.45) is 6.94. The van der Waals surface area contributed by atoms with Gasteiger partial charge in [0.15, 0.2) is 0 Å². The number of ether oxygens (including phenoxy) is 3. The largest absolute Gasteiger partial charge is 0.496 e. The fourth-order valence-corrected chi connectivity index (χ4v) is 4.55. The number of hydrogen-bond donors (Lipinski definition) is 1. The zero-order chi connectivity index (χ0) is 20.3. The van der Waals surface area contributed by atoms with Crippen LogP contribution in [0.15, 0.2) is 36.7 Å². The van der Waals surface area contributed by atoms with Crippen molar-refractivity contribution >= 4 is 5.91 Å². The summed E-state index contributed by atoms with van der Waals surface area (Å²) in [5.74, 6) is 0.839. The van der Waals surface area contributed by atoms with Crippen LogP contribution in [0, 0.1) is 0 Å². The van der Waals surface area contributed by atoms with E-state index in [9.17, 15) is 4.79 Å². The van der Waals surface area contributed by atoms with Crippen LogP contribution in [0.1, 0.15) is 49.8 Å². The summed E-state index contributed by atoms with van der Waals surface area (Å²) in [4.78, 5) is 11.7. The molecular formula is C22H29N3O4. The Morgan fingerprint density at radius 1 is 1.38 bits per heavy atom. The molecule has 3 heterocycles. The molecule has 156 valence electrons. The summed E-state index contributed by atoms with van der Waals surface area (Å²) >= 11 is 0. The van der Waals surface area contributed by atoms with Gasteiger partial charge in [-0.1, -0.05) is 6.07 Å². The first-order valence-corrected chi connectivity index (χ1v) is 10.2. The number of rotatable bonds is 5. The Kier molecular flexibility index (Phi) is 5.87. The van der Waals surface area contributed by atoms with Crippen LogP contribution in [-0.2, 0) is 20.8 Å². The van der Waals surface area contributed by atoms with E-state index in [1.54, 1.807) is 20.2 Å². The summed E-state index contributed by atoms with van der Waals surface area (Å²) in [5.41, 5.74) is 1.92. The summed E-state index contributed by atoms with van der Waals surface area (Å²) in [6.45, 7) is 3.61. The molecule has 2 aliphatic rings. The lowest BCUT2D eigenvalue weighted by atomic mass is 9.81. The molecule has 2 saturated heterocycles. The Balaban J connectivity index is 1.61. The quantitative estimate of drug-likeness (QED) is 0.837. The zero-order valence-corrected chi connectivity index (χ0v) is 17.1. The van der Waals surface area contributed by atoms with Gasteiger partial charge in [0, 0.05) is 44.1 Å². The van der Waals surface area contributed by atoms with E-state index in [1.807, 2.05) is 23.0 Å². The fraction of sp³-hybridized carbons (Fsp3) is 0.545. The lowest BCUT2D eigenvalue weighted by Gasteiger charge is -2.47. The molecule has 0 bridgehead atoms. The van der Waals surface area contributed by atoms with Crippen molar-refractivity contribution in [3.63, 3.8) is 0 Å². The van der Waals surface area contributed by atoms with Crippen LogP contribution in [0.25, 0.3) is 0 Å². The van der Waals surface area contributed by atoms with E-state index < -0.39 is 0 Å². The van der Waals surface area contributed by atoms with Gasteiger partial charge in [-0.3, -0.25) is 9.48 Å². The van der Waals surface area contributed by atoms with Crippen LogP contribution < -0.4 is 10.1 Å². The Bertz CT molecular complexity index is 831. The van der Waals surface area contributed by atoms with Gasteiger partial charge in [-0.2, -0.15) is 5.10 Å². The van der Waals surface area contributed by atoms with Crippen LogP contribution in [-0.4, -0.2) is 47.7 Å². The van der Waals surface area contributed by atoms with E-state index in [4.69, 9.17) is 14.2 Å². The molecule has 0 radical (unpaired) electrons. The molecular weight excluding hydrogens is 370 g/mol. The van der Waals surface area contributed by atoms with Crippen molar-refractivity contribution in [2.45, 2.75) is 56.9 Å². The second kappa shape index (κ2) is 8.55. The third-order valence-electron chi connectivity index (χ3n) is 5.89. The number of carbonyl (C=O) groups excluding carboxylic acids is 1. The minimum absolute atomic E-state index is 0.00645. The highest BCUT2D eigenvalue weighted by atomic mass is 16.5. The Morgan fingerprint density at radius 2 is 2.21 bits per heavy atom. The van der Waals surface area contributed by atoms with Gasteiger partial charge in [-0.05, 0) is 49.4 Å². The van der Waals surface area contributed by atoms with Crippen molar-refractivity contribution in [3.05, 3.63) is 47.8 Å². The molecule has 1 amide bonds. The number of benzene rings is 1. The molecule has 4 rings (SSSR count). The number of nitrogens with zero attached hydrogens (tertiary/aromatic N) is 2. The molecule has 0 saturated carbocycles. The molecule has 2 aliphatic heterocycles. The van der Waals surface area contributed by atoms with Crippen LogP contribution in [0.5, 0.6) is 5.75 Å². The van der Waals surface area contributed by atoms with Crippen molar-refractivity contribution < 1.29 is 19.0 Å². The standard InChI is InChI=1S/C22H29N3O4/c1-16(26)24-19-13-21(29-22(14-19)6-10-28-11-7-22)17-4-5-20(27-2)18(12-17)15-25-9-3-8-23-25/h3-5,8-9,12,19,21H,6-7,10-11,13-15H2,1-2H3,(H,24,26)/t19-,21-/m1/s1. The lowest BCUT2D eigenvalue weighted by Crippen LogP contribution is -2.51. The monoisotopic (exact) mass is 399 g/mol. The van der Waals surface area contributed by atoms with E-state index >= 15 is 0 Å². The number of carbonyl (C=O) groups is 1. The smallest absolute Gasteiger partial charge is 0.217 e. The molecule has 2 fully saturated rings. The topological polar surface area (TPSA) is 74.6 Å². The van der Waals surface area contributed by atoms with Gasteiger partial charge in [0.2, 0.25) is 5.91 Å². The summed E-state index contributed by atoms with van der Waals surface area (Å²) in [5, 5.41) is 7.44. The molecule has 1 spiro atoms. The predicted octanol–water partition coefficient (Wildman–Crippen LogP) is 2.85. The molecule has 1 N–H and O–H groups in total. The molecule has 0 unspecified atom stereocenters. The number of amides is 1. The molecule has 7 nitrogen and oxygen atoms in total. The molecule has 1 aromatic carbocycles. The van der Waals surface area contributed by atoms with Gasteiger partial charge in [-0.25, -0.2) is 0 Å². The highest BCUT2D eigenvalue weighted by molar-refractivity contribution is 5.73. The molecule has 2 atom stereocenters. The molecule has 29 heavy (non-hydrogen) atoms. The summed E-state index contributed by atoms with van der Waals surface area (Å²) in [6, 6.07) is 8.22. The van der Waals surface area contributed by atoms with E-state index in [0.717, 1.165) is 42.6 Å². The molecule has 1 aromatic heterocycles. The number of nitrogens with one attached hydrogen (secondary N) is 1. The van der Waals surface area contributed by atoms with Crippen LogP contribution in [0.4, 0.5) is 0 Å². The average Bonchev–Trinajstić information content (AvgIpc) is 3.21. The second-order valence-electron chi connectivity index (χ2n) is 8.01. The number of methoxy groups -OCH3 is 1. The maximum Gasteiger partial charge on any atom is 0.217 e. The molecule has 2 aromatic rings. The minimum atomic E-state index is -0.240. The average molecular weight is 399 g/mol. The molecule has 7 heteroatoms. The lowest BCUT2D eigenvalue weighted by molar-refractivity contribution is -0.179.